The van der Waals surface area contributed by atoms with Crippen LogP contribution in [0.4, 0.5) is 0 Å². The molecule has 1 aromatic carbocycles. The van der Waals surface area contributed by atoms with Crippen LogP contribution in [0.2, 0.25) is 0 Å². The highest BCUT2D eigenvalue weighted by atomic mass is 35.5. The van der Waals surface area contributed by atoms with Gasteiger partial charge in [0.1, 0.15) is 5.75 Å². The Morgan fingerprint density at radius 1 is 1.58 bits per heavy atom. The molecule has 0 spiro atoms. The van der Waals surface area contributed by atoms with Crippen LogP contribution in [0.25, 0.3) is 6.08 Å². The van der Waals surface area contributed by atoms with Crippen LogP contribution >= 0.6 is 11.6 Å². The molecule has 1 rings (SSSR count). The third-order valence-corrected chi connectivity index (χ3v) is 1.97. The minimum absolute atomic E-state index is 0.463. The molecule has 0 saturated carbocycles. The third kappa shape index (κ3) is 1.80. The Kier molecular flexibility index (Phi) is 3.18. The summed E-state index contributed by atoms with van der Waals surface area (Å²) in [6.07, 6.45) is 1.79. The second-order valence-electron chi connectivity index (χ2n) is 2.41. The molecule has 0 saturated heterocycles. The van der Waals surface area contributed by atoms with E-state index in [9.17, 15) is 0 Å². The zero-order valence-corrected chi connectivity index (χ0v) is 7.77. The van der Waals surface area contributed by atoms with E-state index in [1.807, 2.05) is 18.2 Å². The lowest BCUT2D eigenvalue weighted by Crippen LogP contribution is -1.89. The van der Waals surface area contributed by atoms with Crippen molar-refractivity contribution in [2.75, 3.05) is 7.11 Å². The van der Waals surface area contributed by atoms with Gasteiger partial charge in [-0.3, -0.25) is 0 Å². The van der Waals surface area contributed by atoms with Gasteiger partial charge in [-0.1, -0.05) is 18.7 Å². The summed E-state index contributed by atoms with van der Waals surface area (Å²) in [5.41, 5.74) is 2.06. The van der Waals surface area contributed by atoms with E-state index in [-0.39, 0.29) is 0 Å². The first-order valence-corrected chi connectivity index (χ1v) is 4.20. The molecule has 0 atom stereocenters. The van der Waals surface area contributed by atoms with E-state index >= 15 is 0 Å². The number of alkyl halides is 1. The maximum absolute atomic E-state index is 5.73. The van der Waals surface area contributed by atoms with Crippen molar-refractivity contribution in [1.29, 1.82) is 0 Å². The average molecular weight is 183 g/mol. The van der Waals surface area contributed by atoms with E-state index in [0.717, 1.165) is 16.9 Å². The highest BCUT2D eigenvalue weighted by Crippen LogP contribution is 2.21. The van der Waals surface area contributed by atoms with Crippen molar-refractivity contribution in [3.63, 3.8) is 0 Å². The van der Waals surface area contributed by atoms with Crippen molar-refractivity contribution in [3.8, 4) is 5.75 Å². The van der Waals surface area contributed by atoms with Crippen LogP contribution in [-0.2, 0) is 5.88 Å². The second-order valence-corrected chi connectivity index (χ2v) is 2.68. The van der Waals surface area contributed by atoms with E-state index in [1.54, 1.807) is 13.2 Å². The van der Waals surface area contributed by atoms with Crippen molar-refractivity contribution >= 4 is 17.7 Å². The summed E-state index contributed by atoms with van der Waals surface area (Å²) in [4.78, 5) is 0. The number of rotatable bonds is 3. The van der Waals surface area contributed by atoms with Gasteiger partial charge in [0.2, 0.25) is 0 Å². The van der Waals surface area contributed by atoms with Crippen LogP contribution in [0.5, 0.6) is 5.75 Å². The average Bonchev–Trinajstić information content (AvgIpc) is 2.16. The van der Waals surface area contributed by atoms with Gasteiger partial charge in [0, 0.05) is 5.56 Å². The topological polar surface area (TPSA) is 9.23 Å². The van der Waals surface area contributed by atoms with Crippen LogP contribution in [0.15, 0.2) is 24.8 Å². The van der Waals surface area contributed by atoms with Crippen molar-refractivity contribution in [1.82, 2.24) is 0 Å². The molecular formula is C10H11ClO. The smallest absolute Gasteiger partial charge is 0.123 e. The molecule has 0 aliphatic heterocycles. The molecule has 2 heteroatoms. The molecule has 0 bridgehead atoms. The van der Waals surface area contributed by atoms with Crippen LogP contribution < -0.4 is 4.74 Å². The van der Waals surface area contributed by atoms with Crippen molar-refractivity contribution in [2.45, 2.75) is 5.88 Å². The van der Waals surface area contributed by atoms with Gasteiger partial charge in [-0.2, -0.15) is 0 Å². The predicted molar refractivity (Wildman–Crippen MR) is 52.6 cm³/mol. The fourth-order valence-corrected chi connectivity index (χ4v) is 1.24. The molecule has 0 aromatic heterocycles. The quantitative estimate of drug-likeness (QED) is 0.653. The highest BCUT2D eigenvalue weighted by Gasteiger charge is 2.00. The maximum atomic E-state index is 5.73. The molecule has 0 unspecified atom stereocenters. The summed E-state index contributed by atoms with van der Waals surface area (Å²) in [5.74, 6) is 1.29. The minimum Gasteiger partial charge on any atom is -0.496 e. The number of hydrogen-bond donors (Lipinski definition) is 0. The molecule has 0 aliphatic carbocycles. The molecule has 12 heavy (non-hydrogen) atoms. The Bertz CT molecular complexity index is 281. The highest BCUT2D eigenvalue weighted by molar-refractivity contribution is 6.17. The Balaban J connectivity index is 3.10. The molecule has 0 aliphatic rings. The van der Waals surface area contributed by atoms with Crippen LogP contribution in [0.1, 0.15) is 11.1 Å². The lowest BCUT2D eigenvalue weighted by atomic mass is 10.1. The minimum atomic E-state index is 0.463. The second kappa shape index (κ2) is 4.17. The fourth-order valence-electron chi connectivity index (χ4n) is 1.03. The van der Waals surface area contributed by atoms with Gasteiger partial charge in [0.05, 0.1) is 13.0 Å². The van der Waals surface area contributed by atoms with Crippen molar-refractivity contribution < 1.29 is 4.74 Å². The van der Waals surface area contributed by atoms with Gasteiger partial charge in [-0.05, 0) is 17.7 Å². The van der Waals surface area contributed by atoms with Crippen molar-refractivity contribution in [3.05, 3.63) is 35.9 Å². The fraction of sp³-hybridized carbons (Fsp3) is 0.200. The van der Waals surface area contributed by atoms with Crippen LogP contribution in [0, 0.1) is 0 Å². The first kappa shape index (κ1) is 9.14. The standard InChI is InChI=1S/C10H11ClO/c1-3-8-4-5-10(12-2)9(6-8)7-11/h3-6H,1,7H2,2H3. The van der Waals surface area contributed by atoms with Gasteiger partial charge in [0.25, 0.3) is 0 Å². The summed E-state index contributed by atoms with van der Waals surface area (Å²) < 4.78 is 5.12. The molecule has 0 amide bonds. The van der Waals surface area contributed by atoms with E-state index in [2.05, 4.69) is 6.58 Å². The summed E-state index contributed by atoms with van der Waals surface area (Å²) in [5, 5.41) is 0. The molecule has 0 N–H and O–H groups in total. The number of benzene rings is 1. The molecule has 1 nitrogen and oxygen atoms in total. The summed E-state index contributed by atoms with van der Waals surface area (Å²) >= 11 is 5.73. The molecular weight excluding hydrogens is 172 g/mol. The maximum Gasteiger partial charge on any atom is 0.123 e. The molecule has 0 heterocycles. The van der Waals surface area contributed by atoms with Crippen molar-refractivity contribution in [2.24, 2.45) is 0 Å². The van der Waals surface area contributed by atoms with Gasteiger partial charge >= 0.3 is 0 Å². The Morgan fingerprint density at radius 2 is 2.33 bits per heavy atom. The summed E-state index contributed by atoms with van der Waals surface area (Å²) in [7, 11) is 1.64. The first-order valence-electron chi connectivity index (χ1n) is 3.67. The van der Waals surface area contributed by atoms with Gasteiger partial charge in [0.15, 0.2) is 0 Å². The zero-order valence-electron chi connectivity index (χ0n) is 7.01. The van der Waals surface area contributed by atoms with E-state index < -0.39 is 0 Å². The van der Waals surface area contributed by atoms with E-state index in [0.29, 0.717) is 5.88 Å². The number of methoxy groups -OCH3 is 1. The third-order valence-electron chi connectivity index (χ3n) is 1.68. The lowest BCUT2D eigenvalue weighted by Gasteiger charge is -2.05. The predicted octanol–water partition coefficient (Wildman–Crippen LogP) is 3.08. The number of halogens is 1. The SMILES string of the molecule is C=Cc1ccc(OC)c(CCl)c1. The zero-order chi connectivity index (χ0) is 8.97. The Labute approximate surface area is 77.6 Å². The number of ether oxygens (including phenoxy) is 1. The lowest BCUT2D eigenvalue weighted by molar-refractivity contribution is 0.411. The first-order chi connectivity index (χ1) is 5.81. The summed E-state index contributed by atoms with van der Waals surface area (Å²) in [6, 6.07) is 5.81. The van der Waals surface area contributed by atoms with Crippen LogP contribution in [-0.4, -0.2) is 7.11 Å². The van der Waals surface area contributed by atoms with Crippen LogP contribution in [0.3, 0.4) is 0 Å². The van der Waals surface area contributed by atoms with Gasteiger partial charge in [-0.15, -0.1) is 11.6 Å². The van der Waals surface area contributed by atoms with Gasteiger partial charge in [-0.25, -0.2) is 0 Å². The molecule has 0 radical (unpaired) electrons. The largest absolute Gasteiger partial charge is 0.496 e. The van der Waals surface area contributed by atoms with Gasteiger partial charge < -0.3 is 4.74 Å². The van der Waals surface area contributed by atoms with E-state index in [1.165, 1.54) is 0 Å². The summed E-state index contributed by atoms with van der Waals surface area (Å²) in [6.45, 7) is 3.68. The monoisotopic (exact) mass is 182 g/mol. The number of hydrogen-bond acceptors (Lipinski definition) is 1. The molecule has 64 valence electrons. The molecule has 1 aromatic rings. The Morgan fingerprint density at radius 3 is 2.83 bits per heavy atom. The Hall–Kier alpha value is -0.950. The van der Waals surface area contributed by atoms with E-state index in [4.69, 9.17) is 16.3 Å². The molecule has 0 fully saturated rings. The normalized spacial score (nSPS) is 9.50.